The van der Waals surface area contributed by atoms with Crippen molar-refractivity contribution in [2.45, 2.75) is 6.04 Å². The fourth-order valence-electron chi connectivity index (χ4n) is 3.68. The van der Waals surface area contributed by atoms with Crippen LogP contribution in [-0.4, -0.2) is 36.1 Å². The molecule has 1 unspecified atom stereocenters. The Kier molecular flexibility index (Phi) is 6.25. The van der Waals surface area contributed by atoms with Crippen molar-refractivity contribution in [3.8, 4) is 17.2 Å². The van der Waals surface area contributed by atoms with Gasteiger partial charge in [-0.1, -0.05) is 29.3 Å². The SMILES string of the molecule is COc1cc(OC)c(/C(O)=C2/C(=O)C(=O)N(c3cc(Cl)ccc3O)C2c2cccs2)cc1Cl. The molecule has 2 aromatic carbocycles. The van der Waals surface area contributed by atoms with Gasteiger partial charge in [-0.25, -0.2) is 0 Å². The van der Waals surface area contributed by atoms with Crippen molar-refractivity contribution in [1.82, 2.24) is 0 Å². The maximum Gasteiger partial charge on any atom is 0.300 e. The number of phenolic OH excluding ortho intramolecular Hbond substituents is 1. The highest BCUT2D eigenvalue weighted by atomic mass is 35.5. The van der Waals surface area contributed by atoms with E-state index in [1.54, 1.807) is 17.5 Å². The summed E-state index contributed by atoms with van der Waals surface area (Å²) >= 11 is 13.6. The highest BCUT2D eigenvalue weighted by Gasteiger charge is 2.48. The molecule has 1 amide bonds. The maximum absolute atomic E-state index is 13.2. The van der Waals surface area contributed by atoms with E-state index in [2.05, 4.69) is 0 Å². The van der Waals surface area contributed by atoms with Gasteiger partial charge < -0.3 is 19.7 Å². The van der Waals surface area contributed by atoms with Crippen LogP contribution in [0.25, 0.3) is 5.76 Å². The molecule has 1 aromatic heterocycles. The van der Waals surface area contributed by atoms with Gasteiger partial charge in [0.2, 0.25) is 0 Å². The Labute approximate surface area is 203 Å². The monoisotopic (exact) mass is 505 g/mol. The number of carbonyl (C=O) groups excluding carboxylic acids is 2. The maximum atomic E-state index is 13.2. The summed E-state index contributed by atoms with van der Waals surface area (Å²) in [6, 6.07) is 9.49. The molecule has 7 nitrogen and oxygen atoms in total. The lowest BCUT2D eigenvalue weighted by atomic mass is 9.99. The minimum Gasteiger partial charge on any atom is -0.507 e. The fourth-order valence-corrected chi connectivity index (χ4v) is 4.91. The number of aliphatic hydroxyl groups excluding tert-OH is 1. The number of hydrogen-bond acceptors (Lipinski definition) is 7. The van der Waals surface area contributed by atoms with Gasteiger partial charge >= 0.3 is 0 Å². The molecule has 0 bridgehead atoms. The summed E-state index contributed by atoms with van der Waals surface area (Å²) in [5.41, 5.74) is -0.0266. The van der Waals surface area contributed by atoms with Gasteiger partial charge in [0.1, 0.15) is 29.0 Å². The number of benzene rings is 2. The quantitative estimate of drug-likeness (QED) is 0.273. The Morgan fingerprint density at radius 1 is 1.06 bits per heavy atom. The van der Waals surface area contributed by atoms with Crippen molar-refractivity contribution in [3.05, 3.63) is 73.9 Å². The van der Waals surface area contributed by atoms with Crippen molar-refractivity contribution in [2.24, 2.45) is 0 Å². The Hall–Kier alpha value is -3.20. The van der Waals surface area contributed by atoms with Gasteiger partial charge in [0.25, 0.3) is 11.7 Å². The number of carbonyl (C=O) groups is 2. The van der Waals surface area contributed by atoms with Gasteiger partial charge in [0.15, 0.2) is 0 Å². The van der Waals surface area contributed by atoms with Crippen LogP contribution in [0.4, 0.5) is 5.69 Å². The van der Waals surface area contributed by atoms with Crippen LogP contribution in [0.3, 0.4) is 0 Å². The lowest BCUT2D eigenvalue weighted by molar-refractivity contribution is -0.132. The van der Waals surface area contributed by atoms with Gasteiger partial charge in [-0.15, -0.1) is 11.3 Å². The predicted molar refractivity (Wildman–Crippen MR) is 127 cm³/mol. The van der Waals surface area contributed by atoms with Crippen LogP contribution in [0.5, 0.6) is 17.2 Å². The number of halogens is 2. The van der Waals surface area contributed by atoms with Crippen LogP contribution >= 0.6 is 34.5 Å². The lowest BCUT2D eigenvalue weighted by Gasteiger charge is -2.25. The molecule has 1 aliphatic heterocycles. The summed E-state index contributed by atoms with van der Waals surface area (Å²) < 4.78 is 10.5. The molecule has 0 spiro atoms. The summed E-state index contributed by atoms with van der Waals surface area (Å²) in [4.78, 5) is 28.1. The van der Waals surface area contributed by atoms with E-state index in [1.807, 2.05) is 0 Å². The number of ether oxygens (including phenoxy) is 2. The number of aliphatic hydroxyl groups is 1. The Morgan fingerprint density at radius 3 is 2.42 bits per heavy atom. The second kappa shape index (κ2) is 8.97. The molecule has 0 aliphatic carbocycles. The van der Waals surface area contributed by atoms with Gasteiger partial charge in [0, 0.05) is 16.0 Å². The van der Waals surface area contributed by atoms with Crippen LogP contribution in [0.2, 0.25) is 10.0 Å². The van der Waals surface area contributed by atoms with Crippen LogP contribution in [0, 0.1) is 0 Å². The number of phenols is 1. The highest BCUT2D eigenvalue weighted by molar-refractivity contribution is 7.10. The molecule has 0 radical (unpaired) electrons. The lowest BCUT2D eigenvalue weighted by Crippen LogP contribution is -2.29. The molecule has 2 heterocycles. The summed E-state index contributed by atoms with van der Waals surface area (Å²) in [6.07, 6.45) is 0. The average Bonchev–Trinajstić information content (AvgIpc) is 3.42. The molecule has 170 valence electrons. The number of amides is 1. The number of aromatic hydroxyl groups is 1. The number of hydrogen-bond donors (Lipinski definition) is 2. The first-order valence-electron chi connectivity index (χ1n) is 9.53. The zero-order valence-corrected chi connectivity index (χ0v) is 19.7. The van der Waals surface area contributed by atoms with E-state index < -0.39 is 23.5 Å². The van der Waals surface area contributed by atoms with Crippen molar-refractivity contribution < 1.29 is 29.3 Å². The van der Waals surface area contributed by atoms with Crippen LogP contribution in [-0.2, 0) is 9.59 Å². The molecular formula is C23H17Cl2NO6S. The normalized spacial score (nSPS) is 17.5. The number of thiophene rings is 1. The van der Waals surface area contributed by atoms with E-state index >= 15 is 0 Å². The van der Waals surface area contributed by atoms with Crippen LogP contribution in [0.1, 0.15) is 16.5 Å². The van der Waals surface area contributed by atoms with E-state index in [-0.39, 0.29) is 38.4 Å². The minimum atomic E-state index is -1.01. The number of ketones is 1. The Morgan fingerprint density at radius 2 is 1.79 bits per heavy atom. The number of Topliss-reactive ketones (excluding diaryl/α,β-unsaturated/α-hetero) is 1. The third-order valence-corrected chi connectivity index (χ3v) is 6.64. The first-order valence-corrected chi connectivity index (χ1v) is 11.2. The number of anilines is 1. The molecule has 1 saturated heterocycles. The standard InChI is InChI=1S/C23H17Cl2NO6S/c1-31-16-10-17(32-2)13(25)9-12(16)21(28)19-20(18-4-3-7-33-18)26(23(30)22(19)29)14-8-11(24)5-6-15(14)27/h3-10,20,27-28H,1-2H3/b21-19-. The number of nitrogens with zero attached hydrogens (tertiary/aromatic N) is 1. The zero-order valence-electron chi connectivity index (χ0n) is 17.3. The van der Waals surface area contributed by atoms with E-state index in [0.717, 1.165) is 4.90 Å². The molecule has 4 rings (SSSR count). The number of methoxy groups -OCH3 is 2. The second-order valence-electron chi connectivity index (χ2n) is 7.00. The summed E-state index contributed by atoms with van der Waals surface area (Å²) in [7, 11) is 2.82. The third-order valence-electron chi connectivity index (χ3n) is 5.18. The van der Waals surface area contributed by atoms with Gasteiger partial charge in [-0.2, -0.15) is 0 Å². The molecule has 10 heteroatoms. The Bertz CT molecular complexity index is 1290. The van der Waals surface area contributed by atoms with Crippen molar-refractivity contribution in [2.75, 3.05) is 19.1 Å². The average molecular weight is 506 g/mol. The highest BCUT2D eigenvalue weighted by Crippen LogP contribution is 2.47. The predicted octanol–water partition coefficient (Wildman–Crippen LogP) is 5.40. The zero-order chi connectivity index (χ0) is 23.9. The Balaban J connectivity index is 1.99. The number of rotatable bonds is 5. The smallest absolute Gasteiger partial charge is 0.300 e. The van der Waals surface area contributed by atoms with Crippen molar-refractivity contribution in [1.29, 1.82) is 0 Å². The molecule has 1 aliphatic rings. The summed E-state index contributed by atoms with van der Waals surface area (Å²) in [5, 5.41) is 23.9. The molecule has 2 N–H and O–H groups in total. The van der Waals surface area contributed by atoms with Crippen molar-refractivity contribution >= 4 is 57.7 Å². The molecule has 0 saturated carbocycles. The van der Waals surface area contributed by atoms with Gasteiger partial charge in [0.05, 0.1) is 36.1 Å². The van der Waals surface area contributed by atoms with Gasteiger partial charge in [-0.05, 0) is 35.7 Å². The van der Waals surface area contributed by atoms with Crippen LogP contribution in [0.15, 0.2) is 53.4 Å². The largest absolute Gasteiger partial charge is 0.507 e. The van der Waals surface area contributed by atoms with Crippen LogP contribution < -0.4 is 14.4 Å². The van der Waals surface area contributed by atoms with Gasteiger partial charge in [-0.3, -0.25) is 14.5 Å². The summed E-state index contributed by atoms with van der Waals surface area (Å²) in [5.74, 6) is -2.07. The first-order chi connectivity index (χ1) is 15.8. The molecule has 1 fully saturated rings. The third kappa shape index (κ3) is 3.90. The molecule has 33 heavy (non-hydrogen) atoms. The first kappa shape index (κ1) is 23.0. The van der Waals surface area contributed by atoms with E-state index in [1.165, 1.54) is 55.9 Å². The molecular weight excluding hydrogens is 489 g/mol. The van der Waals surface area contributed by atoms with E-state index in [9.17, 15) is 19.8 Å². The van der Waals surface area contributed by atoms with E-state index in [0.29, 0.717) is 10.6 Å². The molecule has 3 aromatic rings. The van der Waals surface area contributed by atoms with Crippen molar-refractivity contribution in [3.63, 3.8) is 0 Å². The summed E-state index contributed by atoms with van der Waals surface area (Å²) in [6.45, 7) is 0. The second-order valence-corrected chi connectivity index (χ2v) is 8.83. The van der Waals surface area contributed by atoms with E-state index in [4.69, 9.17) is 32.7 Å². The minimum absolute atomic E-state index is 0.0433. The molecule has 1 atom stereocenters. The topological polar surface area (TPSA) is 96.3 Å². The fraction of sp³-hybridized carbons (Fsp3) is 0.130.